The van der Waals surface area contributed by atoms with Gasteiger partial charge in [0.15, 0.2) is 0 Å². The van der Waals surface area contributed by atoms with Crippen LogP contribution in [-0.2, 0) is 6.42 Å². The largest absolute Gasteiger partial charge is 0.361 e. The van der Waals surface area contributed by atoms with Crippen molar-refractivity contribution < 1.29 is 0 Å². The van der Waals surface area contributed by atoms with Crippen LogP contribution in [0.5, 0.6) is 0 Å². The number of allylic oxidation sites excluding steroid dienone is 2. The van der Waals surface area contributed by atoms with E-state index in [2.05, 4.69) is 65.2 Å². The molecule has 0 aliphatic carbocycles. The number of aromatic nitrogens is 1. The molecule has 0 spiro atoms. The summed E-state index contributed by atoms with van der Waals surface area (Å²) < 4.78 is 1.13. The van der Waals surface area contributed by atoms with Gasteiger partial charge in [0, 0.05) is 21.6 Å². The van der Waals surface area contributed by atoms with Gasteiger partial charge in [-0.2, -0.15) is 0 Å². The van der Waals surface area contributed by atoms with Gasteiger partial charge in [-0.05, 0) is 44.0 Å². The molecule has 78 valence electrons. The van der Waals surface area contributed by atoms with Crippen molar-refractivity contribution in [2.24, 2.45) is 0 Å². The maximum Gasteiger partial charge on any atom is 0.0457 e. The lowest BCUT2D eigenvalue weighted by Crippen LogP contribution is -1.79. The molecule has 0 radical (unpaired) electrons. The first-order chi connectivity index (χ1) is 7.16. The summed E-state index contributed by atoms with van der Waals surface area (Å²) in [5.41, 5.74) is 3.92. The second kappa shape index (κ2) is 4.23. The minimum Gasteiger partial charge on any atom is -0.361 e. The number of hydrogen-bond donors (Lipinski definition) is 1. The summed E-state index contributed by atoms with van der Waals surface area (Å²) in [6.45, 7) is 4.26. The molecule has 0 aliphatic heterocycles. The lowest BCUT2D eigenvalue weighted by atomic mass is 10.1. The summed E-state index contributed by atoms with van der Waals surface area (Å²) in [5.74, 6) is 0. The number of H-pyrrole nitrogens is 1. The fraction of sp³-hybridized carbons (Fsp3) is 0.231. The van der Waals surface area contributed by atoms with Crippen molar-refractivity contribution in [2.75, 3.05) is 0 Å². The van der Waals surface area contributed by atoms with E-state index in [1.807, 2.05) is 0 Å². The van der Waals surface area contributed by atoms with Gasteiger partial charge < -0.3 is 4.98 Å². The van der Waals surface area contributed by atoms with E-state index >= 15 is 0 Å². The van der Waals surface area contributed by atoms with Gasteiger partial charge in [-0.3, -0.25) is 0 Å². The molecular formula is C13H14BrN. The van der Waals surface area contributed by atoms with E-state index in [0.29, 0.717) is 0 Å². The maximum atomic E-state index is 3.50. The molecule has 2 rings (SSSR count). The molecule has 0 unspecified atom stereocenters. The highest BCUT2D eigenvalue weighted by Crippen LogP contribution is 2.23. The van der Waals surface area contributed by atoms with Gasteiger partial charge >= 0.3 is 0 Å². The van der Waals surface area contributed by atoms with Crippen LogP contribution in [0, 0.1) is 0 Å². The zero-order valence-electron chi connectivity index (χ0n) is 8.97. The first-order valence-corrected chi connectivity index (χ1v) is 5.85. The van der Waals surface area contributed by atoms with Gasteiger partial charge in [0.1, 0.15) is 0 Å². The first-order valence-electron chi connectivity index (χ1n) is 5.05. The summed E-state index contributed by atoms with van der Waals surface area (Å²) >= 11 is 3.50. The Balaban J connectivity index is 2.43. The molecule has 1 N–H and O–H groups in total. The minimum absolute atomic E-state index is 0.999. The third-order valence-corrected chi connectivity index (χ3v) is 2.95. The lowest BCUT2D eigenvalue weighted by Gasteiger charge is -1.96. The fourth-order valence-corrected chi connectivity index (χ4v) is 1.99. The van der Waals surface area contributed by atoms with Crippen LogP contribution in [0.2, 0.25) is 0 Å². The third kappa shape index (κ3) is 2.32. The van der Waals surface area contributed by atoms with Crippen LogP contribution >= 0.6 is 15.9 Å². The molecule has 0 atom stereocenters. The number of halogens is 1. The summed E-state index contributed by atoms with van der Waals surface area (Å²) in [7, 11) is 0. The molecule has 15 heavy (non-hydrogen) atoms. The van der Waals surface area contributed by atoms with Crippen LogP contribution < -0.4 is 0 Å². The molecule has 2 aromatic rings. The molecule has 0 saturated carbocycles. The van der Waals surface area contributed by atoms with Crippen LogP contribution in [-0.4, -0.2) is 4.98 Å². The second-order valence-corrected chi connectivity index (χ2v) is 4.91. The van der Waals surface area contributed by atoms with E-state index in [9.17, 15) is 0 Å². The number of hydrogen-bond acceptors (Lipinski definition) is 0. The number of fused-ring (bicyclic) bond motifs is 1. The van der Waals surface area contributed by atoms with Crippen molar-refractivity contribution >= 4 is 26.8 Å². The second-order valence-electron chi connectivity index (χ2n) is 3.99. The van der Waals surface area contributed by atoms with Crippen LogP contribution in [0.3, 0.4) is 0 Å². The lowest BCUT2D eigenvalue weighted by molar-refractivity contribution is 1.23. The summed E-state index contributed by atoms with van der Waals surface area (Å²) in [6.07, 6.45) is 5.35. The van der Waals surface area contributed by atoms with Crippen molar-refractivity contribution in [2.45, 2.75) is 20.3 Å². The van der Waals surface area contributed by atoms with Gasteiger partial charge in [0.25, 0.3) is 0 Å². The predicted octanol–water partition coefficient (Wildman–Crippen LogP) is 4.44. The highest BCUT2D eigenvalue weighted by Gasteiger charge is 2.02. The SMILES string of the molecule is CC(C)=CCc1c[nH]c2ccc(Br)cc12. The van der Waals surface area contributed by atoms with E-state index in [1.54, 1.807) is 0 Å². The Morgan fingerprint density at radius 1 is 1.40 bits per heavy atom. The van der Waals surface area contributed by atoms with Crippen LogP contribution in [0.1, 0.15) is 19.4 Å². The average Bonchev–Trinajstić information content (AvgIpc) is 2.57. The van der Waals surface area contributed by atoms with E-state index in [1.165, 1.54) is 22.0 Å². The van der Waals surface area contributed by atoms with Crippen molar-refractivity contribution in [3.8, 4) is 0 Å². The minimum atomic E-state index is 0.999. The number of benzene rings is 1. The van der Waals surface area contributed by atoms with Gasteiger partial charge in [-0.1, -0.05) is 27.6 Å². The standard InChI is InChI=1S/C13H14BrN/c1-9(2)3-4-10-8-15-13-6-5-11(14)7-12(10)13/h3,5-8,15H,4H2,1-2H3. The fourth-order valence-electron chi connectivity index (χ4n) is 1.63. The van der Waals surface area contributed by atoms with Gasteiger partial charge in [0.05, 0.1) is 0 Å². The number of aromatic amines is 1. The Bertz CT molecular complexity index is 504. The molecule has 1 heterocycles. The Morgan fingerprint density at radius 3 is 2.93 bits per heavy atom. The van der Waals surface area contributed by atoms with E-state index in [4.69, 9.17) is 0 Å². The van der Waals surface area contributed by atoms with Gasteiger partial charge in [0.2, 0.25) is 0 Å². The molecule has 0 bridgehead atoms. The molecule has 2 heteroatoms. The Kier molecular flexibility index (Phi) is 2.96. The van der Waals surface area contributed by atoms with Crippen molar-refractivity contribution in [1.82, 2.24) is 4.98 Å². The highest BCUT2D eigenvalue weighted by molar-refractivity contribution is 9.10. The maximum absolute atomic E-state index is 3.50. The monoisotopic (exact) mass is 263 g/mol. The van der Waals surface area contributed by atoms with Gasteiger partial charge in [-0.25, -0.2) is 0 Å². The number of rotatable bonds is 2. The molecular weight excluding hydrogens is 250 g/mol. The molecule has 0 fully saturated rings. The number of nitrogens with one attached hydrogen (secondary N) is 1. The predicted molar refractivity (Wildman–Crippen MR) is 69.1 cm³/mol. The molecule has 0 amide bonds. The topological polar surface area (TPSA) is 15.8 Å². The molecule has 0 saturated heterocycles. The Labute approximate surface area is 98.3 Å². The Hall–Kier alpha value is -1.02. The van der Waals surface area contributed by atoms with E-state index < -0.39 is 0 Å². The van der Waals surface area contributed by atoms with Gasteiger partial charge in [-0.15, -0.1) is 0 Å². The smallest absolute Gasteiger partial charge is 0.0457 e. The normalized spacial score (nSPS) is 10.6. The summed E-state index contributed by atoms with van der Waals surface area (Å²) in [6, 6.07) is 6.33. The average molecular weight is 264 g/mol. The Morgan fingerprint density at radius 2 is 2.20 bits per heavy atom. The van der Waals surface area contributed by atoms with Crippen LogP contribution in [0.25, 0.3) is 10.9 Å². The van der Waals surface area contributed by atoms with E-state index in [0.717, 1.165) is 10.9 Å². The third-order valence-electron chi connectivity index (χ3n) is 2.46. The van der Waals surface area contributed by atoms with Crippen molar-refractivity contribution in [3.63, 3.8) is 0 Å². The van der Waals surface area contributed by atoms with E-state index in [-0.39, 0.29) is 0 Å². The quantitative estimate of drug-likeness (QED) is 0.772. The summed E-state index contributed by atoms with van der Waals surface area (Å²) in [4.78, 5) is 3.29. The zero-order valence-corrected chi connectivity index (χ0v) is 10.6. The molecule has 0 aliphatic rings. The van der Waals surface area contributed by atoms with Crippen LogP contribution in [0.15, 0.2) is 40.5 Å². The first kappa shape index (κ1) is 10.5. The highest BCUT2D eigenvalue weighted by atomic mass is 79.9. The molecule has 1 nitrogen and oxygen atoms in total. The van der Waals surface area contributed by atoms with Crippen LogP contribution in [0.4, 0.5) is 0 Å². The molecule has 1 aromatic carbocycles. The zero-order chi connectivity index (χ0) is 10.8. The van der Waals surface area contributed by atoms with Crippen molar-refractivity contribution in [3.05, 3.63) is 46.1 Å². The van der Waals surface area contributed by atoms with Crippen molar-refractivity contribution in [1.29, 1.82) is 0 Å². The molecule has 1 aromatic heterocycles. The summed E-state index contributed by atoms with van der Waals surface area (Å²) in [5, 5.41) is 1.31.